The van der Waals surface area contributed by atoms with Crippen molar-refractivity contribution in [3.63, 3.8) is 0 Å². The number of ether oxygens (including phenoxy) is 2. The Bertz CT molecular complexity index is 639. The lowest BCUT2D eigenvalue weighted by Crippen LogP contribution is -2.16. The number of hydrogen-bond acceptors (Lipinski definition) is 4. The van der Waals surface area contributed by atoms with E-state index < -0.39 is 12.2 Å². The lowest BCUT2D eigenvalue weighted by molar-refractivity contribution is 0.104. The van der Waals surface area contributed by atoms with Gasteiger partial charge in [-0.25, -0.2) is 0 Å². The van der Waals surface area contributed by atoms with Crippen molar-refractivity contribution in [2.75, 3.05) is 13.2 Å². The summed E-state index contributed by atoms with van der Waals surface area (Å²) in [5, 5.41) is 21.5. The molecule has 23 heavy (non-hydrogen) atoms. The van der Waals surface area contributed by atoms with Gasteiger partial charge in [-0.1, -0.05) is 37.6 Å². The predicted molar refractivity (Wildman–Crippen MR) is 92.5 cm³/mol. The molecule has 5 heteroatoms. The van der Waals surface area contributed by atoms with Crippen LogP contribution < -0.4 is 9.47 Å². The molecule has 2 unspecified atom stereocenters. The minimum Gasteiger partial charge on any atom is -0.491 e. The average molecular weight is 339 g/mol. The molecule has 2 aromatic carbocycles. The van der Waals surface area contributed by atoms with Gasteiger partial charge in [-0.3, -0.25) is 0 Å². The van der Waals surface area contributed by atoms with Crippen LogP contribution in [0.2, 0.25) is 5.02 Å². The minimum atomic E-state index is -0.507. The first-order valence-corrected chi connectivity index (χ1v) is 8.26. The fraction of sp³-hybridized carbons (Fsp3) is 0.444. The van der Waals surface area contributed by atoms with Crippen molar-refractivity contribution >= 4 is 22.4 Å². The van der Waals surface area contributed by atoms with Crippen molar-refractivity contribution < 1.29 is 19.7 Å². The topological polar surface area (TPSA) is 58.9 Å². The van der Waals surface area contributed by atoms with E-state index in [1.54, 1.807) is 6.07 Å². The Labute approximate surface area is 141 Å². The predicted octanol–water partition coefficient (Wildman–Crippen LogP) is 3.79. The van der Waals surface area contributed by atoms with Crippen molar-refractivity contribution in [2.45, 2.75) is 38.9 Å². The molecule has 0 saturated carbocycles. The van der Waals surface area contributed by atoms with Gasteiger partial charge in [0.1, 0.15) is 24.7 Å². The van der Waals surface area contributed by atoms with E-state index in [2.05, 4.69) is 0 Å². The zero-order chi connectivity index (χ0) is 16.8. The van der Waals surface area contributed by atoms with E-state index in [0.717, 1.165) is 10.8 Å². The largest absolute Gasteiger partial charge is 0.491 e. The van der Waals surface area contributed by atoms with Crippen LogP contribution in [0.4, 0.5) is 0 Å². The number of aliphatic hydroxyl groups is 2. The molecular weight excluding hydrogens is 316 g/mol. The van der Waals surface area contributed by atoms with E-state index in [0.29, 0.717) is 29.4 Å². The first kappa shape index (κ1) is 17.9. The summed E-state index contributed by atoms with van der Waals surface area (Å²) in [5.41, 5.74) is 0. The third-order valence-electron chi connectivity index (χ3n) is 3.71. The van der Waals surface area contributed by atoms with Crippen LogP contribution in [0, 0.1) is 0 Å². The summed E-state index contributed by atoms with van der Waals surface area (Å²) >= 11 is 6.42. The molecule has 4 nitrogen and oxygen atoms in total. The number of halogens is 1. The van der Waals surface area contributed by atoms with Crippen LogP contribution in [0.3, 0.4) is 0 Å². The summed E-state index contributed by atoms with van der Waals surface area (Å²) in [4.78, 5) is 0. The molecule has 0 aliphatic heterocycles. The fourth-order valence-electron chi connectivity index (χ4n) is 2.06. The van der Waals surface area contributed by atoms with Crippen LogP contribution in [0.1, 0.15) is 26.7 Å². The second kappa shape index (κ2) is 8.39. The maximum Gasteiger partial charge on any atom is 0.138 e. The van der Waals surface area contributed by atoms with Crippen LogP contribution in [0.25, 0.3) is 10.8 Å². The molecule has 2 N–H and O–H groups in total. The van der Waals surface area contributed by atoms with E-state index in [9.17, 15) is 10.2 Å². The molecule has 2 aromatic rings. The molecule has 0 aliphatic rings. The fourth-order valence-corrected chi connectivity index (χ4v) is 2.34. The minimum absolute atomic E-state index is 0.209. The Morgan fingerprint density at radius 1 is 0.957 bits per heavy atom. The Morgan fingerprint density at radius 3 is 2.22 bits per heavy atom. The normalized spacial score (nSPS) is 13.8. The Balaban J connectivity index is 2.20. The Hall–Kier alpha value is -1.49. The third kappa shape index (κ3) is 4.74. The van der Waals surface area contributed by atoms with Gasteiger partial charge in [0.05, 0.1) is 17.2 Å². The molecule has 126 valence electrons. The molecule has 0 heterocycles. The van der Waals surface area contributed by atoms with Crippen molar-refractivity contribution in [1.29, 1.82) is 0 Å². The standard InChI is InChI=1S/C18H23ClO4/c1-3-13(20)10-22-15-7-5-12-6-8-17(18(19)16(12)9-15)23-11-14(21)4-2/h5-9,13-14,20-21H,3-4,10-11H2,1-2H3. The third-order valence-corrected chi connectivity index (χ3v) is 4.10. The van der Waals surface area contributed by atoms with E-state index in [-0.39, 0.29) is 13.2 Å². The van der Waals surface area contributed by atoms with Gasteiger partial charge in [0.25, 0.3) is 0 Å². The molecule has 0 bridgehead atoms. The lowest BCUT2D eigenvalue weighted by atomic mass is 10.1. The van der Waals surface area contributed by atoms with E-state index >= 15 is 0 Å². The lowest BCUT2D eigenvalue weighted by Gasteiger charge is -2.14. The smallest absolute Gasteiger partial charge is 0.138 e. The molecule has 0 saturated heterocycles. The van der Waals surface area contributed by atoms with Gasteiger partial charge >= 0.3 is 0 Å². The molecule has 2 rings (SSSR count). The summed E-state index contributed by atoms with van der Waals surface area (Å²) in [6, 6.07) is 9.32. The van der Waals surface area contributed by atoms with Gasteiger partial charge in [-0.15, -0.1) is 0 Å². The van der Waals surface area contributed by atoms with Crippen LogP contribution in [0.5, 0.6) is 11.5 Å². The quantitative estimate of drug-likeness (QED) is 0.768. The van der Waals surface area contributed by atoms with Crippen molar-refractivity contribution in [3.8, 4) is 11.5 Å². The van der Waals surface area contributed by atoms with Crippen LogP contribution in [-0.4, -0.2) is 35.6 Å². The van der Waals surface area contributed by atoms with E-state index in [1.165, 1.54) is 0 Å². The monoisotopic (exact) mass is 338 g/mol. The zero-order valence-electron chi connectivity index (χ0n) is 13.5. The maximum atomic E-state index is 9.60. The summed E-state index contributed by atoms with van der Waals surface area (Å²) in [6.07, 6.45) is 0.285. The van der Waals surface area contributed by atoms with Crippen LogP contribution in [0.15, 0.2) is 30.3 Å². The molecule has 0 radical (unpaired) electrons. The number of benzene rings is 2. The summed E-state index contributed by atoms with van der Waals surface area (Å²) in [5.74, 6) is 1.19. The molecule has 0 aliphatic carbocycles. The SMILES string of the molecule is CCC(O)COc1ccc2ccc(OCC(O)CC)c(Cl)c2c1. The van der Waals surface area contributed by atoms with Crippen LogP contribution in [-0.2, 0) is 0 Å². The maximum absolute atomic E-state index is 9.60. The van der Waals surface area contributed by atoms with Gasteiger partial charge < -0.3 is 19.7 Å². The second-order valence-corrected chi connectivity index (χ2v) is 5.88. The van der Waals surface area contributed by atoms with Gasteiger partial charge in [-0.05, 0) is 36.4 Å². The summed E-state index contributed by atoms with van der Waals surface area (Å²) in [7, 11) is 0. The van der Waals surface area contributed by atoms with E-state index in [4.69, 9.17) is 21.1 Å². The van der Waals surface area contributed by atoms with Crippen molar-refractivity contribution in [2.24, 2.45) is 0 Å². The van der Waals surface area contributed by atoms with Gasteiger partial charge in [-0.2, -0.15) is 0 Å². The highest BCUT2D eigenvalue weighted by molar-refractivity contribution is 6.37. The highest BCUT2D eigenvalue weighted by atomic mass is 35.5. The molecule has 0 aromatic heterocycles. The van der Waals surface area contributed by atoms with Gasteiger partial charge in [0, 0.05) is 5.39 Å². The molecule has 0 fully saturated rings. The molecule has 0 spiro atoms. The van der Waals surface area contributed by atoms with Gasteiger partial charge in [0.15, 0.2) is 0 Å². The van der Waals surface area contributed by atoms with E-state index in [1.807, 2.05) is 38.1 Å². The van der Waals surface area contributed by atoms with Crippen molar-refractivity contribution in [3.05, 3.63) is 35.4 Å². The number of hydrogen-bond donors (Lipinski definition) is 2. The number of fused-ring (bicyclic) bond motifs is 1. The zero-order valence-corrected chi connectivity index (χ0v) is 14.2. The molecule has 0 amide bonds. The Morgan fingerprint density at radius 2 is 1.57 bits per heavy atom. The number of aliphatic hydroxyl groups excluding tert-OH is 2. The molecule has 2 atom stereocenters. The summed E-state index contributed by atoms with van der Waals surface area (Å²) in [6.45, 7) is 4.25. The van der Waals surface area contributed by atoms with Crippen LogP contribution >= 0.6 is 11.6 Å². The molecular formula is C18H23ClO4. The summed E-state index contributed by atoms with van der Waals surface area (Å²) < 4.78 is 11.2. The highest BCUT2D eigenvalue weighted by Gasteiger charge is 2.10. The van der Waals surface area contributed by atoms with Crippen molar-refractivity contribution in [1.82, 2.24) is 0 Å². The van der Waals surface area contributed by atoms with Gasteiger partial charge in [0.2, 0.25) is 0 Å². The first-order valence-electron chi connectivity index (χ1n) is 7.89. The Kier molecular flexibility index (Phi) is 6.51. The number of rotatable bonds is 8. The average Bonchev–Trinajstić information content (AvgIpc) is 2.58. The first-order chi connectivity index (χ1) is 11.0. The highest BCUT2D eigenvalue weighted by Crippen LogP contribution is 2.35. The second-order valence-electron chi connectivity index (χ2n) is 5.51.